The Hall–Kier alpha value is -5.33. The van der Waals surface area contributed by atoms with Crippen LogP contribution in [0.4, 0.5) is 0 Å². The molecular weight excluding hydrogens is 800 g/mol. The van der Waals surface area contributed by atoms with Crippen LogP contribution in [0.3, 0.4) is 0 Å². The summed E-state index contributed by atoms with van der Waals surface area (Å²) in [6.07, 6.45) is 19.0. The zero-order valence-corrected chi connectivity index (χ0v) is 37.2. The number of ether oxygens (including phenoxy) is 3. The molecule has 12 nitrogen and oxygen atoms in total. The fourth-order valence-corrected chi connectivity index (χ4v) is 8.00. The molecule has 0 radical (unpaired) electrons. The average molecular weight is 859 g/mol. The Labute approximate surface area is 363 Å². The Bertz CT molecular complexity index is 2160. The second kappa shape index (κ2) is 21.5. The minimum atomic E-state index is -1.03. The van der Waals surface area contributed by atoms with Crippen LogP contribution < -0.4 is 0 Å². The van der Waals surface area contributed by atoms with Gasteiger partial charge in [-0.2, -0.15) is 0 Å². The number of hydrogen-bond acceptors (Lipinski definition) is 10. The lowest BCUT2D eigenvalue weighted by atomic mass is 9.69. The summed E-state index contributed by atoms with van der Waals surface area (Å²) in [6.45, 7) is 12.2. The van der Waals surface area contributed by atoms with E-state index in [0.29, 0.717) is 11.4 Å². The van der Waals surface area contributed by atoms with Gasteiger partial charge >= 0.3 is 17.9 Å². The number of aromatic nitrogens is 2. The van der Waals surface area contributed by atoms with E-state index < -0.39 is 52.4 Å². The number of carbonyl (C=O) groups excluding carboxylic acids is 6. The van der Waals surface area contributed by atoms with Crippen molar-refractivity contribution in [3.05, 3.63) is 119 Å². The van der Waals surface area contributed by atoms with E-state index in [1.807, 2.05) is 26.0 Å². The lowest BCUT2D eigenvalue weighted by Crippen LogP contribution is -2.43. The Morgan fingerprint density at radius 2 is 1.21 bits per heavy atom. The first-order valence-corrected chi connectivity index (χ1v) is 20.9. The molecule has 0 saturated carbocycles. The molecule has 328 valence electrons. The van der Waals surface area contributed by atoms with Gasteiger partial charge in [0.2, 0.25) is 0 Å². The second-order valence-corrected chi connectivity index (χ2v) is 17.1. The Morgan fingerprint density at radius 3 is 1.64 bits per heavy atom. The van der Waals surface area contributed by atoms with Crippen molar-refractivity contribution in [3.8, 4) is 0 Å². The van der Waals surface area contributed by atoms with Crippen LogP contribution in [0.15, 0.2) is 108 Å². The molecule has 2 aromatic heterocycles. The minimum Gasteiger partial charge on any atom is -0.457 e. The van der Waals surface area contributed by atoms with Gasteiger partial charge in [0.05, 0.1) is 29.8 Å². The molecule has 2 spiro atoms. The maximum absolute atomic E-state index is 12.9. The predicted octanol–water partition coefficient (Wildman–Crippen LogP) is 8.35. The molecule has 2 aliphatic heterocycles. The molecule has 6 atom stereocenters. The number of allylic oxidation sites excluding steroid dienone is 8. The third-order valence-corrected chi connectivity index (χ3v) is 11.4. The number of esters is 3. The molecular formula is C48H59ClN2O10. The summed E-state index contributed by atoms with van der Waals surface area (Å²) in [4.78, 5) is 72.1. The minimum absolute atomic E-state index is 0.00318. The van der Waals surface area contributed by atoms with E-state index in [9.17, 15) is 33.9 Å². The lowest BCUT2D eigenvalue weighted by molar-refractivity contribution is -0.141. The first kappa shape index (κ1) is 48.3. The molecule has 2 aliphatic carbocycles. The fourth-order valence-electron chi connectivity index (χ4n) is 7.80. The van der Waals surface area contributed by atoms with E-state index in [1.54, 1.807) is 66.0 Å². The molecule has 2 unspecified atom stereocenters. The van der Waals surface area contributed by atoms with E-state index in [1.165, 1.54) is 29.4 Å². The highest BCUT2D eigenvalue weighted by atomic mass is 35.5. The van der Waals surface area contributed by atoms with Crippen LogP contribution >= 0.6 is 11.6 Å². The van der Waals surface area contributed by atoms with Crippen molar-refractivity contribution in [2.75, 3.05) is 0 Å². The highest BCUT2D eigenvalue weighted by Crippen LogP contribution is 2.46. The zero-order valence-electron chi connectivity index (χ0n) is 36.4. The van der Waals surface area contributed by atoms with Gasteiger partial charge in [0.25, 0.3) is 5.24 Å². The SMILES string of the molecule is CC(C)=CCC/C(C)=C/[C@H]1OC(=O)CC12C[C@H](O)C=CC2=O.CC(C)=CCC/C(C)=C/[C@H]1OC(=O)CC12C[C@H](OC(=O)c1cccn1C)C=CC2=O.Cn1cccc1C(=O)Cl. The van der Waals surface area contributed by atoms with Crippen LogP contribution in [0, 0.1) is 10.8 Å². The predicted molar refractivity (Wildman–Crippen MR) is 232 cm³/mol. The van der Waals surface area contributed by atoms with E-state index >= 15 is 0 Å². The van der Waals surface area contributed by atoms with Crippen molar-refractivity contribution in [2.45, 2.75) is 117 Å². The maximum atomic E-state index is 12.9. The summed E-state index contributed by atoms with van der Waals surface area (Å²) < 4.78 is 19.9. The number of aliphatic hydroxyl groups excluding tert-OH is 1. The molecule has 0 aromatic carbocycles. The number of cyclic esters (lactones) is 2. The lowest BCUT2D eigenvalue weighted by Gasteiger charge is -2.34. The number of rotatable bonds is 11. The summed E-state index contributed by atoms with van der Waals surface area (Å²) >= 11 is 5.19. The summed E-state index contributed by atoms with van der Waals surface area (Å²) in [5.74, 6) is -1.50. The van der Waals surface area contributed by atoms with Gasteiger partial charge in [-0.05, 0) is 140 Å². The third-order valence-electron chi connectivity index (χ3n) is 11.2. The molecule has 4 aliphatic rings. The van der Waals surface area contributed by atoms with E-state index in [4.69, 9.17) is 25.8 Å². The summed E-state index contributed by atoms with van der Waals surface area (Å²) in [5.41, 5.74) is 3.68. The van der Waals surface area contributed by atoms with Gasteiger partial charge in [0.1, 0.15) is 29.7 Å². The van der Waals surface area contributed by atoms with Gasteiger partial charge < -0.3 is 28.5 Å². The van der Waals surface area contributed by atoms with Crippen LogP contribution in [0.2, 0.25) is 0 Å². The molecule has 4 heterocycles. The van der Waals surface area contributed by atoms with Gasteiger partial charge in [0.15, 0.2) is 11.6 Å². The zero-order chi connectivity index (χ0) is 45.1. The van der Waals surface area contributed by atoms with Crippen molar-refractivity contribution in [3.63, 3.8) is 0 Å². The number of halogens is 1. The first-order chi connectivity index (χ1) is 28.8. The van der Waals surface area contributed by atoms with E-state index in [-0.39, 0.29) is 43.2 Å². The van der Waals surface area contributed by atoms with Crippen LogP contribution in [-0.2, 0) is 47.5 Å². The van der Waals surface area contributed by atoms with Crippen molar-refractivity contribution >= 4 is 46.3 Å². The molecule has 0 bridgehead atoms. The van der Waals surface area contributed by atoms with Gasteiger partial charge in [-0.3, -0.25) is 24.0 Å². The van der Waals surface area contributed by atoms with Crippen molar-refractivity contribution in [1.82, 2.24) is 9.13 Å². The summed E-state index contributed by atoms with van der Waals surface area (Å²) in [7, 11) is 3.54. The second-order valence-electron chi connectivity index (χ2n) is 16.8. The highest BCUT2D eigenvalue weighted by molar-refractivity contribution is 6.67. The van der Waals surface area contributed by atoms with Crippen molar-refractivity contribution in [2.24, 2.45) is 24.9 Å². The normalized spacial score (nSPS) is 25.6. The monoisotopic (exact) mass is 858 g/mol. The molecule has 13 heteroatoms. The molecule has 61 heavy (non-hydrogen) atoms. The topological polar surface area (TPSA) is 160 Å². The molecule has 1 N–H and O–H groups in total. The van der Waals surface area contributed by atoms with Crippen molar-refractivity contribution in [1.29, 1.82) is 0 Å². The quantitative estimate of drug-likeness (QED) is 0.101. The fraction of sp³-hybridized carbons (Fsp3) is 0.458. The van der Waals surface area contributed by atoms with Gasteiger partial charge in [-0.25, -0.2) is 4.79 Å². The van der Waals surface area contributed by atoms with Gasteiger partial charge in [-0.1, -0.05) is 40.5 Å². The average Bonchev–Trinajstić information content (AvgIpc) is 3.95. The summed E-state index contributed by atoms with van der Waals surface area (Å²) in [5, 5.41) is 9.44. The molecule has 6 rings (SSSR count). The Balaban J connectivity index is 0.000000230. The number of hydrogen-bond donors (Lipinski definition) is 1. The molecule has 2 fully saturated rings. The number of carbonyl (C=O) groups is 6. The standard InChI is InChI=1S/C24H29NO5.C18H24O4.C6H6ClNO/c1-16(2)7-5-8-17(3)13-21-24(15-22(27)30-21)14-18(10-11-20(24)26)29-23(28)19-9-6-12-25(19)4;1-12(2)5-4-6-13(3)9-16-18(11-17(21)22-16)10-14(19)7-8-15(18)20;1-8-4-2-3-5(8)6(7)9/h6-7,9-13,18,21H,5,8,14-15H2,1-4H3;5,7-9,14,16,19H,4,6,10-11H2,1-3H3;2-4H,1H3/b17-13+;13-9+;/t18-,21-,24?;14-,16-,18?;/m11./s1. The molecule has 2 saturated heterocycles. The number of aryl methyl sites for hydroxylation is 2. The van der Waals surface area contributed by atoms with Crippen LogP contribution in [-0.4, -0.2) is 73.4 Å². The van der Waals surface area contributed by atoms with Crippen LogP contribution in [0.1, 0.15) is 114 Å². The number of aliphatic hydroxyl groups is 1. The molecule has 0 amide bonds. The smallest absolute Gasteiger partial charge is 0.355 e. The van der Waals surface area contributed by atoms with Crippen LogP contribution in [0.5, 0.6) is 0 Å². The maximum Gasteiger partial charge on any atom is 0.355 e. The number of ketones is 2. The van der Waals surface area contributed by atoms with E-state index in [0.717, 1.165) is 36.8 Å². The third kappa shape index (κ3) is 12.8. The van der Waals surface area contributed by atoms with Gasteiger partial charge in [-0.15, -0.1) is 0 Å². The first-order valence-electron chi connectivity index (χ1n) is 20.5. The Kier molecular flexibility index (Phi) is 17.0. The largest absolute Gasteiger partial charge is 0.457 e. The van der Waals surface area contributed by atoms with Gasteiger partial charge in [0, 0.05) is 32.9 Å². The Morgan fingerprint density at radius 1 is 0.754 bits per heavy atom. The highest BCUT2D eigenvalue weighted by Gasteiger charge is 2.56. The number of nitrogens with zero attached hydrogens (tertiary/aromatic N) is 2. The molecule has 2 aromatic rings. The van der Waals surface area contributed by atoms with Crippen LogP contribution in [0.25, 0.3) is 0 Å². The van der Waals surface area contributed by atoms with Crippen molar-refractivity contribution < 1.29 is 48.1 Å². The summed E-state index contributed by atoms with van der Waals surface area (Å²) in [6, 6.07) is 6.89. The van der Waals surface area contributed by atoms with E-state index in [2.05, 4.69) is 39.8 Å².